The molecule has 13 heavy (non-hydrogen) atoms. The van der Waals surface area contributed by atoms with Crippen molar-refractivity contribution in [1.82, 2.24) is 0 Å². The van der Waals surface area contributed by atoms with Gasteiger partial charge in [0.1, 0.15) is 5.78 Å². The van der Waals surface area contributed by atoms with Gasteiger partial charge in [0.15, 0.2) is 0 Å². The van der Waals surface area contributed by atoms with Crippen LogP contribution in [0, 0.1) is 11.3 Å². The summed E-state index contributed by atoms with van der Waals surface area (Å²) in [6, 6.07) is 0. The zero-order chi connectivity index (χ0) is 10.2. The molecule has 3 atom stereocenters. The van der Waals surface area contributed by atoms with Crippen molar-refractivity contribution >= 4 is 5.78 Å². The number of hydrogen-bond donors (Lipinski definition) is 0. The maximum atomic E-state index is 11.5. The molecular weight excluding hydrogens is 164 g/mol. The van der Waals surface area contributed by atoms with Gasteiger partial charge < -0.3 is 4.74 Å². The highest BCUT2D eigenvalue weighted by Crippen LogP contribution is 2.41. The number of hydrogen-bond acceptors (Lipinski definition) is 2. The van der Waals surface area contributed by atoms with E-state index in [2.05, 4.69) is 13.8 Å². The maximum absolute atomic E-state index is 11.5. The molecule has 0 aliphatic carbocycles. The molecule has 76 valence electrons. The molecule has 1 saturated heterocycles. The first kappa shape index (κ1) is 10.7. The first-order valence-corrected chi connectivity index (χ1v) is 5.04. The summed E-state index contributed by atoms with van der Waals surface area (Å²) in [6.07, 6.45) is 1.20. The van der Waals surface area contributed by atoms with Crippen LogP contribution in [0.5, 0.6) is 0 Å². The summed E-state index contributed by atoms with van der Waals surface area (Å²) in [5.41, 5.74) is -0.255. The molecule has 0 radical (unpaired) electrons. The normalized spacial score (nSPS) is 39.8. The molecule has 2 heteroatoms. The molecule has 1 fully saturated rings. The molecule has 0 aromatic carbocycles. The van der Waals surface area contributed by atoms with E-state index in [0.29, 0.717) is 5.92 Å². The Hall–Kier alpha value is -0.370. The van der Waals surface area contributed by atoms with Crippen molar-refractivity contribution in [3.8, 4) is 0 Å². The van der Waals surface area contributed by atoms with Crippen molar-refractivity contribution in [2.24, 2.45) is 11.3 Å². The summed E-state index contributed by atoms with van der Waals surface area (Å²) in [6.45, 7) is 9.97. The molecule has 1 heterocycles. The van der Waals surface area contributed by atoms with Crippen LogP contribution in [-0.4, -0.2) is 18.0 Å². The molecular formula is C11H20O2. The fourth-order valence-corrected chi connectivity index (χ4v) is 1.87. The highest BCUT2D eigenvalue weighted by molar-refractivity contribution is 5.82. The fourth-order valence-electron chi connectivity index (χ4n) is 1.87. The molecule has 0 bridgehead atoms. The number of carbonyl (C=O) groups excluding carboxylic acids is 1. The lowest BCUT2D eigenvalue weighted by atomic mass is 9.78. The summed E-state index contributed by atoms with van der Waals surface area (Å²) in [7, 11) is 0. The van der Waals surface area contributed by atoms with Gasteiger partial charge in [-0.15, -0.1) is 0 Å². The Morgan fingerprint density at radius 3 is 2.31 bits per heavy atom. The molecule has 0 unspecified atom stereocenters. The summed E-state index contributed by atoms with van der Waals surface area (Å²) < 4.78 is 5.78. The van der Waals surface area contributed by atoms with E-state index in [4.69, 9.17) is 4.74 Å². The fraction of sp³-hybridized carbons (Fsp3) is 0.909. The Balaban J connectivity index is 2.76. The molecule has 0 N–H and O–H groups in total. The van der Waals surface area contributed by atoms with Crippen molar-refractivity contribution in [3.63, 3.8) is 0 Å². The second-order valence-electron chi connectivity index (χ2n) is 4.74. The van der Waals surface area contributed by atoms with Crippen LogP contribution in [0.15, 0.2) is 0 Å². The number of ether oxygens (including phenoxy) is 1. The highest BCUT2D eigenvalue weighted by Gasteiger charge is 2.46. The average molecular weight is 184 g/mol. The van der Waals surface area contributed by atoms with Gasteiger partial charge in [0, 0.05) is 0 Å². The number of rotatable bonds is 2. The molecule has 0 aromatic heterocycles. The Bertz CT molecular complexity index is 210. The average Bonchev–Trinajstić information content (AvgIpc) is 2.30. The monoisotopic (exact) mass is 184 g/mol. The van der Waals surface area contributed by atoms with Crippen LogP contribution in [-0.2, 0) is 9.53 Å². The minimum Gasteiger partial charge on any atom is -0.374 e. The van der Waals surface area contributed by atoms with E-state index >= 15 is 0 Å². The van der Waals surface area contributed by atoms with Crippen LogP contribution in [0.4, 0.5) is 0 Å². The maximum Gasteiger partial charge on any atom is 0.138 e. The van der Waals surface area contributed by atoms with Crippen LogP contribution >= 0.6 is 0 Å². The lowest BCUT2D eigenvalue weighted by Gasteiger charge is -2.23. The van der Waals surface area contributed by atoms with E-state index in [1.54, 1.807) is 6.92 Å². The lowest BCUT2D eigenvalue weighted by Crippen LogP contribution is -2.32. The summed E-state index contributed by atoms with van der Waals surface area (Å²) in [5.74, 6) is 0.756. The second kappa shape index (κ2) is 3.41. The van der Waals surface area contributed by atoms with Gasteiger partial charge in [-0.1, -0.05) is 20.8 Å². The Morgan fingerprint density at radius 2 is 2.08 bits per heavy atom. The van der Waals surface area contributed by atoms with Gasteiger partial charge in [-0.3, -0.25) is 4.79 Å². The van der Waals surface area contributed by atoms with Crippen LogP contribution in [0.3, 0.4) is 0 Å². The van der Waals surface area contributed by atoms with Gasteiger partial charge in [-0.2, -0.15) is 0 Å². The molecule has 0 spiro atoms. The zero-order valence-electron chi connectivity index (χ0n) is 9.26. The smallest absolute Gasteiger partial charge is 0.138 e. The SMILES string of the molecule is CC(=O)[C@@]1(C)C[C@@H](C(C)C)O[C@@H]1C. The van der Waals surface area contributed by atoms with Crippen molar-refractivity contribution in [1.29, 1.82) is 0 Å². The summed E-state index contributed by atoms with van der Waals surface area (Å²) >= 11 is 0. The predicted octanol–water partition coefficient (Wildman–Crippen LogP) is 2.42. The number of carbonyl (C=O) groups is 1. The standard InChI is InChI=1S/C11H20O2/c1-7(2)10-6-11(5,8(3)12)9(4)13-10/h7,9-10H,6H2,1-5H3/t9-,10+,11-/m1/s1. The Morgan fingerprint density at radius 1 is 1.54 bits per heavy atom. The number of Topliss-reactive ketones (excluding diaryl/α,β-unsaturated/α-hetero) is 1. The molecule has 0 saturated carbocycles. The van der Waals surface area contributed by atoms with E-state index in [1.807, 2.05) is 13.8 Å². The summed E-state index contributed by atoms with van der Waals surface area (Å²) in [5, 5.41) is 0. The molecule has 0 aromatic rings. The third-order valence-corrected chi connectivity index (χ3v) is 3.45. The van der Waals surface area contributed by atoms with Crippen molar-refractivity contribution in [2.45, 2.75) is 53.2 Å². The largest absolute Gasteiger partial charge is 0.374 e. The predicted molar refractivity (Wildman–Crippen MR) is 52.6 cm³/mol. The van der Waals surface area contributed by atoms with E-state index in [9.17, 15) is 4.79 Å². The molecule has 0 amide bonds. The first-order chi connectivity index (χ1) is 5.88. The zero-order valence-corrected chi connectivity index (χ0v) is 9.26. The van der Waals surface area contributed by atoms with Crippen molar-refractivity contribution in [2.75, 3.05) is 0 Å². The molecule has 2 nitrogen and oxygen atoms in total. The minimum absolute atomic E-state index is 0.0670. The quantitative estimate of drug-likeness (QED) is 0.658. The van der Waals surface area contributed by atoms with Crippen LogP contribution < -0.4 is 0 Å². The van der Waals surface area contributed by atoms with E-state index in [1.165, 1.54) is 0 Å². The van der Waals surface area contributed by atoms with Crippen molar-refractivity contribution in [3.05, 3.63) is 0 Å². The third kappa shape index (κ3) is 1.78. The van der Waals surface area contributed by atoms with Gasteiger partial charge >= 0.3 is 0 Å². The highest BCUT2D eigenvalue weighted by atomic mass is 16.5. The molecule has 1 rings (SSSR count). The topological polar surface area (TPSA) is 26.3 Å². The van der Waals surface area contributed by atoms with Gasteiger partial charge in [0.05, 0.1) is 17.6 Å². The summed E-state index contributed by atoms with van der Waals surface area (Å²) in [4.78, 5) is 11.5. The van der Waals surface area contributed by atoms with E-state index in [0.717, 1.165) is 6.42 Å². The lowest BCUT2D eigenvalue weighted by molar-refractivity contribution is -0.128. The van der Waals surface area contributed by atoms with E-state index in [-0.39, 0.29) is 23.4 Å². The molecule has 1 aliphatic heterocycles. The van der Waals surface area contributed by atoms with Gasteiger partial charge in [0.2, 0.25) is 0 Å². The molecule has 1 aliphatic rings. The second-order valence-corrected chi connectivity index (χ2v) is 4.74. The number of ketones is 1. The van der Waals surface area contributed by atoms with Gasteiger partial charge in [-0.05, 0) is 26.2 Å². The first-order valence-electron chi connectivity index (χ1n) is 5.04. The van der Waals surface area contributed by atoms with Gasteiger partial charge in [0.25, 0.3) is 0 Å². The van der Waals surface area contributed by atoms with Crippen molar-refractivity contribution < 1.29 is 9.53 Å². The van der Waals surface area contributed by atoms with Crippen LogP contribution in [0.2, 0.25) is 0 Å². The Labute approximate surface area is 80.7 Å². The minimum atomic E-state index is -0.255. The Kier molecular flexibility index (Phi) is 2.81. The van der Waals surface area contributed by atoms with Crippen LogP contribution in [0.25, 0.3) is 0 Å². The van der Waals surface area contributed by atoms with E-state index < -0.39 is 0 Å². The van der Waals surface area contributed by atoms with Crippen LogP contribution in [0.1, 0.15) is 41.0 Å². The third-order valence-electron chi connectivity index (χ3n) is 3.45. The van der Waals surface area contributed by atoms with Gasteiger partial charge in [-0.25, -0.2) is 0 Å².